The van der Waals surface area contributed by atoms with Gasteiger partial charge >= 0.3 is 6.18 Å². The summed E-state index contributed by atoms with van der Waals surface area (Å²) in [6.07, 6.45) is -1.72. The lowest BCUT2D eigenvalue weighted by atomic mass is 9.99. The largest absolute Gasteiger partial charge is 0.434 e. The van der Waals surface area contributed by atoms with Gasteiger partial charge in [0.15, 0.2) is 5.69 Å². The van der Waals surface area contributed by atoms with Gasteiger partial charge < -0.3 is 9.88 Å². The molecule has 3 heterocycles. The molecule has 3 nitrogen and oxygen atoms in total. The summed E-state index contributed by atoms with van der Waals surface area (Å²) in [5, 5.41) is 5.42. The zero-order valence-electron chi connectivity index (χ0n) is 11.4. The predicted octanol–water partition coefficient (Wildman–Crippen LogP) is 3.32. The molecule has 114 valence electrons. The van der Waals surface area contributed by atoms with E-state index in [1.54, 1.807) is 15.9 Å². The molecule has 0 aromatic carbocycles. The molecule has 7 heteroatoms. The van der Waals surface area contributed by atoms with Gasteiger partial charge in [-0.15, -0.1) is 11.3 Å². The Labute approximate surface area is 124 Å². The first-order chi connectivity index (χ1) is 10.0. The molecular formula is C14H16F3N3S. The van der Waals surface area contributed by atoms with Gasteiger partial charge in [-0.05, 0) is 23.8 Å². The van der Waals surface area contributed by atoms with Crippen molar-refractivity contribution in [2.45, 2.75) is 32.1 Å². The average Bonchev–Trinajstić information content (AvgIpc) is 3.05. The summed E-state index contributed by atoms with van der Waals surface area (Å²) >= 11 is 1.70. The number of hydrogen-bond acceptors (Lipinski definition) is 3. The van der Waals surface area contributed by atoms with Crippen LogP contribution in [-0.2, 0) is 25.7 Å². The van der Waals surface area contributed by atoms with E-state index in [2.05, 4.69) is 16.4 Å². The van der Waals surface area contributed by atoms with Crippen LogP contribution >= 0.6 is 11.3 Å². The quantitative estimate of drug-likeness (QED) is 0.938. The maximum Gasteiger partial charge on any atom is 0.434 e. The van der Waals surface area contributed by atoms with E-state index in [1.807, 2.05) is 11.4 Å². The minimum atomic E-state index is -4.35. The first-order valence-corrected chi connectivity index (χ1v) is 7.76. The minimum absolute atomic E-state index is 0.354. The van der Waals surface area contributed by atoms with E-state index in [0.29, 0.717) is 24.7 Å². The zero-order valence-corrected chi connectivity index (χ0v) is 12.2. The van der Waals surface area contributed by atoms with E-state index in [9.17, 15) is 13.2 Å². The van der Waals surface area contributed by atoms with Crippen molar-refractivity contribution < 1.29 is 13.2 Å². The van der Waals surface area contributed by atoms with Crippen LogP contribution in [0.25, 0.3) is 0 Å². The molecule has 0 radical (unpaired) electrons. The number of aromatic nitrogens is 2. The van der Waals surface area contributed by atoms with Crippen molar-refractivity contribution in [1.82, 2.24) is 14.9 Å². The molecule has 0 amide bonds. The number of hydrogen-bond donors (Lipinski definition) is 1. The van der Waals surface area contributed by atoms with Crippen molar-refractivity contribution in [1.29, 1.82) is 0 Å². The second-order valence-electron chi connectivity index (χ2n) is 5.31. The molecule has 1 aliphatic heterocycles. The third kappa shape index (κ3) is 3.47. The molecular weight excluding hydrogens is 299 g/mol. The van der Waals surface area contributed by atoms with E-state index in [1.165, 1.54) is 4.88 Å². The number of rotatable bonds is 4. The number of alkyl halides is 3. The predicted molar refractivity (Wildman–Crippen MR) is 75.1 cm³/mol. The zero-order chi connectivity index (χ0) is 14.9. The topological polar surface area (TPSA) is 29.9 Å². The van der Waals surface area contributed by atoms with Gasteiger partial charge in [0.05, 0.1) is 0 Å². The highest BCUT2D eigenvalue weighted by molar-refractivity contribution is 7.09. The van der Waals surface area contributed by atoms with Gasteiger partial charge in [-0.2, -0.15) is 13.2 Å². The molecule has 0 bridgehead atoms. The van der Waals surface area contributed by atoms with Crippen LogP contribution in [0, 0.1) is 5.92 Å². The van der Waals surface area contributed by atoms with E-state index < -0.39 is 11.9 Å². The Balaban J connectivity index is 1.56. The van der Waals surface area contributed by atoms with E-state index in [4.69, 9.17) is 0 Å². The summed E-state index contributed by atoms with van der Waals surface area (Å²) in [5.41, 5.74) is -0.773. The van der Waals surface area contributed by atoms with Crippen molar-refractivity contribution in [3.8, 4) is 0 Å². The van der Waals surface area contributed by atoms with E-state index in [0.717, 1.165) is 25.7 Å². The third-order valence-electron chi connectivity index (χ3n) is 3.69. The number of aryl methyl sites for hydroxylation is 1. The third-order valence-corrected chi connectivity index (χ3v) is 4.57. The number of thiophene rings is 1. The van der Waals surface area contributed by atoms with Crippen LogP contribution in [0.2, 0.25) is 0 Å². The van der Waals surface area contributed by atoms with Crippen molar-refractivity contribution in [3.05, 3.63) is 40.1 Å². The lowest BCUT2D eigenvalue weighted by molar-refractivity contribution is -0.141. The van der Waals surface area contributed by atoms with Crippen molar-refractivity contribution in [3.63, 3.8) is 0 Å². The second kappa shape index (κ2) is 5.81. The lowest BCUT2D eigenvalue weighted by Crippen LogP contribution is -2.29. The Bertz CT molecular complexity index is 589. The summed E-state index contributed by atoms with van der Waals surface area (Å²) in [7, 11) is 0. The van der Waals surface area contributed by atoms with Crippen LogP contribution in [-0.4, -0.2) is 16.1 Å². The van der Waals surface area contributed by atoms with Crippen molar-refractivity contribution in [2.75, 3.05) is 6.54 Å². The highest BCUT2D eigenvalue weighted by Crippen LogP contribution is 2.30. The Morgan fingerprint density at radius 2 is 2.29 bits per heavy atom. The summed E-state index contributed by atoms with van der Waals surface area (Å²) in [5.74, 6) is 0.907. The van der Waals surface area contributed by atoms with Gasteiger partial charge in [-0.3, -0.25) is 0 Å². The Morgan fingerprint density at radius 1 is 1.43 bits per heavy atom. The van der Waals surface area contributed by atoms with Crippen LogP contribution in [0.15, 0.2) is 23.7 Å². The molecule has 1 atom stereocenters. The lowest BCUT2D eigenvalue weighted by Gasteiger charge is -2.23. The van der Waals surface area contributed by atoms with Crippen LogP contribution in [0.1, 0.15) is 22.8 Å². The Hall–Kier alpha value is -1.34. The number of fused-ring (bicyclic) bond motifs is 1. The first kappa shape index (κ1) is 14.6. The van der Waals surface area contributed by atoms with Crippen LogP contribution < -0.4 is 5.32 Å². The maximum atomic E-state index is 12.6. The molecule has 0 saturated carbocycles. The molecule has 0 unspecified atom stereocenters. The Kier molecular flexibility index (Phi) is 4.03. The van der Waals surface area contributed by atoms with Gasteiger partial charge in [-0.25, -0.2) is 4.98 Å². The molecule has 0 aliphatic carbocycles. The summed E-state index contributed by atoms with van der Waals surface area (Å²) < 4.78 is 39.6. The van der Waals surface area contributed by atoms with E-state index in [-0.39, 0.29) is 0 Å². The summed E-state index contributed by atoms with van der Waals surface area (Å²) in [4.78, 5) is 4.97. The molecule has 2 aromatic rings. The number of imidazole rings is 1. The fourth-order valence-corrected chi connectivity index (χ4v) is 3.30. The van der Waals surface area contributed by atoms with Crippen LogP contribution in [0.4, 0.5) is 13.2 Å². The van der Waals surface area contributed by atoms with Gasteiger partial charge in [0.25, 0.3) is 0 Å². The smallest absolute Gasteiger partial charge is 0.334 e. The molecule has 0 spiro atoms. The number of nitrogens with one attached hydrogen (secondary N) is 1. The highest BCUT2D eigenvalue weighted by atomic mass is 32.1. The SMILES string of the molecule is FC(F)(F)c1cn2c(n1)CC[C@H](CNCc1cccs1)C2. The first-order valence-electron chi connectivity index (χ1n) is 6.88. The van der Waals surface area contributed by atoms with Crippen LogP contribution in [0.5, 0.6) is 0 Å². The molecule has 3 rings (SSSR count). The fourth-order valence-electron chi connectivity index (χ4n) is 2.63. The fraction of sp³-hybridized carbons (Fsp3) is 0.500. The Morgan fingerprint density at radius 3 is 3.00 bits per heavy atom. The second-order valence-corrected chi connectivity index (χ2v) is 6.34. The van der Waals surface area contributed by atoms with Crippen molar-refractivity contribution in [2.24, 2.45) is 5.92 Å². The monoisotopic (exact) mass is 315 g/mol. The van der Waals surface area contributed by atoms with Crippen molar-refractivity contribution >= 4 is 11.3 Å². The normalized spacial score (nSPS) is 18.7. The molecule has 2 aromatic heterocycles. The summed E-state index contributed by atoms with van der Waals surface area (Å²) in [6.45, 7) is 2.24. The maximum absolute atomic E-state index is 12.6. The molecule has 21 heavy (non-hydrogen) atoms. The minimum Gasteiger partial charge on any atom is -0.334 e. The van der Waals surface area contributed by atoms with Gasteiger partial charge in [0.1, 0.15) is 5.82 Å². The number of nitrogens with zero attached hydrogens (tertiary/aromatic N) is 2. The molecule has 0 fully saturated rings. The van der Waals surface area contributed by atoms with E-state index >= 15 is 0 Å². The highest BCUT2D eigenvalue weighted by Gasteiger charge is 2.35. The van der Waals surface area contributed by atoms with Gasteiger partial charge in [-0.1, -0.05) is 6.07 Å². The van der Waals surface area contributed by atoms with Gasteiger partial charge in [0, 0.05) is 37.1 Å². The summed E-state index contributed by atoms with van der Waals surface area (Å²) in [6, 6.07) is 4.08. The van der Waals surface area contributed by atoms with Gasteiger partial charge in [0.2, 0.25) is 0 Å². The average molecular weight is 315 g/mol. The molecule has 1 aliphatic rings. The molecule has 1 N–H and O–H groups in total. The van der Waals surface area contributed by atoms with Crippen LogP contribution in [0.3, 0.4) is 0 Å². The number of halogens is 3. The standard InChI is InChI=1S/C14H16F3N3S/c15-14(16,17)12-9-20-8-10(3-4-13(20)19-12)6-18-7-11-2-1-5-21-11/h1-2,5,9-10,18H,3-4,6-8H2/t10-/m1/s1. The molecule has 0 saturated heterocycles.